The van der Waals surface area contributed by atoms with E-state index in [1.165, 1.54) is 0 Å². The third-order valence-corrected chi connectivity index (χ3v) is 4.99. The minimum Gasteiger partial charge on any atom is -0.484 e. The lowest BCUT2D eigenvalue weighted by Crippen LogP contribution is -2.38. The smallest absolute Gasteiger partial charge is 0.258 e. The number of hydrogen-bond acceptors (Lipinski definition) is 3. The molecule has 6 nitrogen and oxygen atoms in total. The van der Waals surface area contributed by atoms with Gasteiger partial charge in [-0.05, 0) is 55.5 Å². The summed E-state index contributed by atoms with van der Waals surface area (Å²) in [5, 5.41) is 10.3. The van der Waals surface area contributed by atoms with E-state index in [1.54, 1.807) is 0 Å². The molecular weight excluding hydrogens is 400 g/mol. The van der Waals surface area contributed by atoms with Crippen molar-refractivity contribution in [2.45, 2.75) is 38.8 Å². The number of rotatable bonds is 10. The topological polar surface area (TPSA) is 74.8 Å². The van der Waals surface area contributed by atoms with E-state index in [0.29, 0.717) is 18.3 Å². The molecule has 1 aliphatic rings. The fourth-order valence-corrected chi connectivity index (χ4v) is 3.14. The molecule has 1 saturated carbocycles. The number of aliphatic imine (C=N–C) groups is 1. The van der Waals surface area contributed by atoms with Gasteiger partial charge in [-0.1, -0.05) is 41.9 Å². The average Bonchev–Trinajstić information content (AvgIpc) is 3.56. The molecule has 0 saturated heterocycles. The molecule has 0 aliphatic heterocycles. The van der Waals surface area contributed by atoms with Crippen LogP contribution in [0.15, 0.2) is 53.5 Å². The van der Waals surface area contributed by atoms with Gasteiger partial charge in [-0.2, -0.15) is 0 Å². The van der Waals surface area contributed by atoms with E-state index in [0.717, 1.165) is 54.5 Å². The molecule has 1 amide bonds. The van der Waals surface area contributed by atoms with Crippen molar-refractivity contribution >= 4 is 23.5 Å². The number of halogens is 1. The third-order valence-electron chi connectivity index (χ3n) is 4.62. The number of carbonyl (C=O) groups is 1. The average molecular weight is 429 g/mol. The van der Waals surface area contributed by atoms with Gasteiger partial charge in [-0.25, -0.2) is 4.99 Å². The van der Waals surface area contributed by atoms with Gasteiger partial charge >= 0.3 is 0 Å². The van der Waals surface area contributed by atoms with Gasteiger partial charge in [0.15, 0.2) is 12.6 Å². The van der Waals surface area contributed by atoms with Crippen LogP contribution in [0.5, 0.6) is 5.75 Å². The van der Waals surface area contributed by atoms with Crippen LogP contribution < -0.4 is 20.7 Å². The van der Waals surface area contributed by atoms with Crippen LogP contribution in [0.1, 0.15) is 30.9 Å². The standard InChI is InChI=1S/C23H29ClN4O2/c1-2-25-23(26-13-12-18-7-3-4-9-21(18)24)27-15-17-6-5-8-20(14-17)30-16-22(29)28-19-10-11-19/h3-9,14,19H,2,10-13,15-16H2,1H3,(H,28,29)(H2,25,26,27). The summed E-state index contributed by atoms with van der Waals surface area (Å²) in [7, 11) is 0. The molecule has 0 bridgehead atoms. The van der Waals surface area contributed by atoms with E-state index < -0.39 is 0 Å². The minimum absolute atomic E-state index is 0.0372. The van der Waals surface area contributed by atoms with Gasteiger partial charge in [0.25, 0.3) is 5.91 Å². The Labute approximate surface area is 183 Å². The lowest BCUT2D eigenvalue weighted by Gasteiger charge is -2.12. The van der Waals surface area contributed by atoms with Crippen molar-refractivity contribution in [1.29, 1.82) is 0 Å². The quantitative estimate of drug-likeness (QED) is 0.401. The lowest BCUT2D eigenvalue weighted by atomic mass is 10.1. The van der Waals surface area contributed by atoms with Crippen LogP contribution in [-0.4, -0.2) is 37.6 Å². The highest BCUT2D eigenvalue weighted by Gasteiger charge is 2.23. The summed E-state index contributed by atoms with van der Waals surface area (Å²) in [6.07, 6.45) is 2.95. The zero-order chi connectivity index (χ0) is 21.2. The van der Waals surface area contributed by atoms with Gasteiger partial charge in [-0.15, -0.1) is 0 Å². The van der Waals surface area contributed by atoms with Crippen molar-refractivity contribution in [2.24, 2.45) is 4.99 Å². The molecule has 0 radical (unpaired) electrons. The summed E-state index contributed by atoms with van der Waals surface area (Å²) < 4.78 is 5.61. The highest BCUT2D eigenvalue weighted by molar-refractivity contribution is 6.31. The highest BCUT2D eigenvalue weighted by atomic mass is 35.5. The van der Waals surface area contributed by atoms with E-state index in [1.807, 2.05) is 55.5 Å². The Bertz CT molecular complexity index is 868. The number of benzene rings is 2. The van der Waals surface area contributed by atoms with Gasteiger partial charge in [0.05, 0.1) is 6.54 Å². The lowest BCUT2D eigenvalue weighted by molar-refractivity contribution is -0.123. The van der Waals surface area contributed by atoms with Crippen molar-refractivity contribution in [3.8, 4) is 5.75 Å². The second-order valence-corrected chi connectivity index (χ2v) is 7.65. The van der Waals surface area contributed by atoms with Crippen LogP contribution >= 0.6 is 11.6 Å². The second kappa shape index (κ2) is 11.5. The Kier molecular flexibility index (Phi) is 8.39. The Balaban J connectivity index is 1.49. The van der Waals surface area contributed by atoms with Crippen LogP contribution in [0, 0.1) is 0 Å². The summed E-state index contributed by atoms with van der Waals surface area (Å²) in [6, 6.07) is 15.9. The van der Waals surface area contributed by atoms with E-state index in [2.05, 4.69) is 20.9 Å². The van der Waals surface area contributed by atoms with E-state index in [-0.39, 0.29) is 12.5 Å². The Morgan fingerprint density at radius 2 is 2.00 bits per heavy atom. The van der Waals surface area contributed by atoms with Crippen molar-refractivity contribution in [1.82, 2.24) is 16.0 Å². The first-order chi connectivity index (χ1) is 14.6. The third kappa shape index (κ3) is 7.59. The van der Waals surface area contributed by atoms with Crippen molar-refractivity contribution in [2.75, 3.05) is 19.7 Å². The highest BCUT2D eigenvalue weighted by Crippen LogP contribution is 2.19. The fraction of sp³-hybridized carbons (Fsp3) is 0.391. The van der Waals surface area contributed by atoms with Gasteiger partial charge < -0.3 is 20.7 Å². The molecular formula is C23H29ClN4O2. The van der Waals surface area contributed by atoms with E-state index in [4.69, 9.17) is 16.3 Å². The maximum atomic E-state index is 11.8. The number of carbonyl (C=O) groups excluding carboxylic acids is 1. The molecule has 0 unspecified atom stereocenters. The van der Waals surface area contributed by atoms with Crippen LogP contribution in [0.3, 0.4) is 0 Å². The summed E-state index contributed by atoms with van der Waals surface area (Å²) in [6.45, 7) is 4.08. The summed E-state index contributed by atoms with van der Waals surface area (Å²) in [5.41, 5.74) is 2.12. The summed E-state index contributed by atoms with van der Waals surface area (Å²) in [5.74, 6) is 1.35. The van der Waals surface area contributed by atoms with Crippen LogP contribution in [-0.2, 0) is 17.8 Å². The van der Waals surface area contributed by atoms with Crippen molar-refractivity contribution < 1.29 is 9.53 Å². The predicted molar refractivity (Wildman–Crippen MR) is 121 cm³/mol. The molecule has 3 rings (SSSR count). The molecule has 0 heterocycles. The molecule has 0 aromatic heterocycles. The largest absolute Gasteiger partial charge is 0.484 e. The Morgan fingerprint density at radius 3 is 2.77 bits per heavy atom. The molecule has 3 N–H and O–H groups in total. The van der Waals surface area contributed by atoms with Crippen molar-refractivity contribution in [3.63, 3.8) is 0 Å². The molecule has 1 fully saturated rings. The molecule has 1 aliphatic carbocycles. The molecule has 30 heavy (non-hydrogen) atoms. The zero-order valence-electron chi connectivity index (χ0n) is 17.3. The van der Waals surface area contributed by atoms with Crippen LogP contribution in [0.25, 0.3) is 0 Å². The summed E-state index contributed by atoms with van der Waals surface area (Å²) in [4.78, 5) is 16.4. The number of hydrogen-bond donors (Lipinski definition) is 3. The fourth-order valence-electron chi connectivity index (χ4n) is 2.91. The molecule has 0 spiro atoms. The number of ether oxygens (including phenoxy) is 1. The molecule has 0 atom stereocenters. The van der Waals surface area contributed by atoms with Crippen LogP contribution in [0.2, 0.25) is 5.02 Å². The molecule has 2 aromatic carbocycles. The maximum Gasteiger partial charge on any atom is 0.258 e. The number of nitrogens with zero attached hydrogens (tertiary/aromatic N) is 1. The normalized spacial score (nSPS) is 13.6. The van der Waals surface area contributed by atoms with Gasteiger partial charge in [0.1, 0.15) is 5.75 Å². The van der Waals surface area contributed by atoms with E-state index in [9.17, 15) is 4.79 Å². The van der Waals surface area contributed by atoms with Crippen LogP contribution in [0.4, 0.5) is 0 Å². The number of nitrogens with one attached hydrogen (secondary N) is 3. The van der Waals surface area contributed by atoms with Gasteiger partial charge in [0, 0.05) is 24.2 Å². The minimum atomic E-state index is -0.0712. The SMILES string of the molecule is CCNC(=NCc1cccc(OCC(=O)NC2CC2)c1)NCCc1ccccc1Cl. The molecule has 160 valence electrons. The monoisotopic (exact) mass is 428 g/mol. The van der Waals surface area contributed by atoms with Gasteiger partial charge in [-0.3, -0.25) is 4.79 Å². The first kappa shape index (κ1) is 22.0. The summed E-state index contributed by atoms with van der Waals surface area (Å²) >= 11 is 6.22. The number of guanidine groups is 1. The zero-order valence-corrected chi connectivity index (χ0v) is 18.0. The first-order valence-corrected chi connectivity index (χ1v) is 10.8. The maximum absolute atomic E-state index is 11.8. The Hall–Kier alpha value is -2.73. The van der Waals surface area contributed by atoms with Gasteiger partial charge in [0.2, 0.25) is 0 Å². The Morgan fingerprint density at radius 1 is 1.17 bits per heavy atom. The first-order valence-electron chi connectivity index (χ1n) is 10.4. The van der Waals surface area contributed by atoms with Crippen molar-refractivity contribution in [3.05, 3.63) is 64.7 Å². The second-order valence-electron chi connectivity index (χ2n) is 7.24. The molecule has 2 aromatic rings. The predicted octanol–water partition coefficient (Wildman–Crippen LogP) is 3.30. The van der Waals surface area contributed by atoms with E-state index >= 15 is 0 Å². The molecule has 7 heteroatoms. The number of amides is 1.